The first-order chi connectivity index (χ1) is 9.56. The Kier molecular flexibility index (Phi) is 4.82. The molecule has 106 valence electrons. The fraction of sp³-hybridized carbons (Fsp3) is 0.250. The predicted molar refractivity (Wildman–Crippen MR) is 74.2 cm³/mol. The van der Waals surface area contributed by atoms with Crippen LogP contribution in [0.2, 0.25) is 0 Å². The van der Waals surface area contributed by atoms with Crippen molar-refractivity contribution in [1.29, 1.82) is 0 Å². The largest absolute Gasteiger partial charge is 0.387 e. The van der Waals surface area contributed by atoms with E-state index in [0.29, 0.717) is 18.7 Å². The van der Waals surface area contributed by atoms with Gasteiger partial charge in [0, 0.05) is 13.1 Å². The van der Waals surface area contributed by atoms with Gasteiger partial charge in [0.2, 0.25) is 0 Å². The van der Waals surface area contributed by atoms with Crippen molar-refractivity contribution in [2.24, 2.45) is 0 Å². The van der Waals surface area contributed by atoms with Crippen molar-refractivity contribution in [1.82, 2.24) is 5.32 Å². The molecule has 2 rings (SSSR count). The summed E-state index contributed by atoms with van der Waals surface area (Å²) in [4.78, 5) is 0. The molecule has 2 N–H and O–H groups in total. The maximum atomic E-state index is 13.0. The summed E-state index contributed by atoms with van der Waals surface area (Å²) in [7, 11) is 0. The number of halogens is 2. The van der Waals surface area contributed by atoms with Crippen LogP contribution in [0, 0.1) is 18.6 Å². The van der Waals surface area contributed by atoms with Gasteiger partial charge in [0.1, 0.15) is 0 Å². The summed E-state index contributed by atoms with van der Waals surface area (Å²) in [6.45, 7) is 2.71. The Morgan fingerprint density at radius 1 is 1.05 bits per heavy atom. The molecule has 0 amide bonds. The first kappa shape index (κ1) is 14.6. The maximum absolute atomic E-state index is 13.0. The molecule has 4 heteroatoms. The minimum absolute atomic E-state index is 0.349. The van der Waals surface area contributed by atoms with Gasteiger partial charge in [0.25, 0.3) is 0 Å². The zero-order chi connectivity index (χ0) is 14.5. The molecule has 0 saturated heterocycles. The smallest absolute Gasteiger partial charge is 0.159 e. The highest BCUT2D eigenvalue weighted by atomic mass is 19.2. The number of hydrogen-bond donors (Lipinski definition) is 2. The van der Waals surface area contributed by atoms with E-state index in [1.54, 1.807) is 0 Å². The van der Waals surface area contributed by atoms with Gasteiger partial charge in [-0.3, -0.25) is 0 Å². The van der Waals surface area contributed by atoms with Crippen molar-refractivity contribution in [3.05, 3.63) is 70.8 Å². The van der Waals surface area contributed by atoms with Crippen LogP contribution in [0.25, 0.3) is 0 Å². The average molecular weight is 277 g/mol. The quantitative estimate of drug-likeness (QED) is 0.880. The van der Waals surface area contributed by atoms with E-state index in [1.165, 1.54) is 6.07 Å². The number of hydrogen-bond acceptors (Lipinski definition) is 2. The molecule has 1 unspecified atom stereocenters. The lowest BCUT2D eigenvalue weighted by molar-refractivity contribution is 0.174. The van der Waals surface area contributed by atoms with Crippen molar-refractivity contribution in [2.45, 2.75) is 19.6 Å². The normalized spacial score (nSPS) is 12.4. The molecule has 20 heavy (non-hydrogen) atoms. The standard InChI is InChI=1S/C16H17F2NO/c1-11-2-5-13(6-3-11)16(20)10-19-9-12-4-7-14(17)15(18)8-12/h2-8,16,19-20H,9-10H2,1H3. The Balaban J connectivity index is 1.86. The van der Waals surface area contributed by atoms with E-state index in [-0.39, 0.29) is 0 Å². The van der Waals surface area contributed by atoms with Crippen LogP contribution in [0.5, 0.6) is 0 Å². The number of aliphatic hydroxyl groups excluding tert-OH is 1. The molecule has 0 heterocycles. The van der Waals surface area contributed by atoms with E-state index < -0.39 is 17.7 Å². The van der Waals surface area contributed by atoms with Crippen molar-refractivity contribution < 1.29 is 13.9 Å². The molecule has 0 spiro atoms. The Morgan fingerprint density at radius 2 is 1.75 bits per heavy atom. The van der Waals surface area contributed by atoms with Crippen molar-refractivity contribution in [3.63, 3.8) is 0 Å². The summed E-state index contributed by atoms with van der Waals surface area (Å²) < 4.78 is 25.8. The fourth-order valence-corrected chi connectivity index (χ4v) is 1.91. The Morgan fingerprint density at radius 3 is 2.40 bits per heavy atom. The second kappa shape index (κ2) is 6.59. The minimum atomic E-state index is -0.858. The molecule has 0 aliphatic rings. The summed E-state index contributed by atoms with van der Waals surface area (Å²) in [5.74, 6) is -1.71. The molecule has 2 nitrogen and oxygen atoms in total. The Hall–Kier alpha value is -1.78. The second-order valence-corrected chi connectivity index (χ2v) is 4.81. The predicted octanol–water partition coefficient (Wildman–Crippen LogP) is 3.10. The molecule has 0 aliphatic heterocycles. The van der Waals surface area contributed by atoms with E-state index in [0.717, 1.165) is 23.3 Å². The second-order valence-electron chi connectivity index (χ2n) is 4.81. The third-order valence-electron chi connectivity index (χ3n) is 3.11. The van der Waals surface area contributed by atoms with Crippen LogP contribution in [0.1, 0.15) is 22.8 Å². The molecule has 0 radical (unpaired) electrons. The zero-order valence-electron chi connectivity index (χ0n) is 11.2. The lowest BCUT2D eigenvalue weighted by Gasteiger charge is -2.12. The molecule has 0 aromatic heterocycles. The molecule has 2 aromatic rings. The van der Waals surface area contributed by atoms with Crippen LogP contribution in [-0.4, -0.2) is 11.7 Å². The maximum Gasteiger partial charge on any atom is 0.159 e. The van der Waals surface area contributed by atoms with Gasteiger partial charge in [-0.2, -0.15) is 0 Å². The lowest BCUT2D eigenvalue weighted by Crippen LogP contribution is -2.21. The molecule has 0 saturated carbocycles. The summed E-state index contributed by atoms with van der Waals surface area (Å²) >= 11 is 0. The SMILES string of the molecule is Cc1ccc(C(O)CNCc2ccc(F)c(F)c2)cc1. The topological polar surface area (TPSA) is 32.3 Å². The molecular formula is C16H17F2NO. The van der Waals surface area contributed by atoms with E-state index in [9.17, 15) is 13.9 Å². The van der Waals surface area contributed by atoms with Crippen LogP contribution in [-0.2, 0) is 6.54 Å². The first-order valence-electron chi connectivity index (χ1n) is 6.45. The molecular weight excluding hydrogens is 260 g/mol. The molecule has 0 aliphatic carbocycles. The van der Waals surface area contributed by atoms with Crippen LogP contribution < -0.4 is 5.32 Å². The Bertz CT molecular complexity index is 569. The first-order valence-corrected chi connectivity index (χ1v) is 6.45. The summed E-state index contributed by atoms with van der Waals surface area (Å²) in [6, 6.07) is 11.4. The molecule has 0 bridgehead atoms. The highest BCUT2D eigenvalue weighted by Gasteiger charge is 2.07. The van der Waals surface area contributed by atoms with Crippen molar-refractivity contribution >= 4 is 0 Å². The molecule has 0 fully saturated rings. The third-order valence-corrected chi connectivity index (χ3v) is 3.11. The highest BCUT2D eigenvalue weighted by molar-refractivity contribution is 5.23. The van der Waals surface area contributed by atoms with Crippen LogP contribution >= 0.6 is 0 Å². The van der Waals surface area contributed by atoms with Gasteiger partial charge < -0.3 is 10.4 Å². The van der Waals surface area contributed by atoms with E-state index in [2.05, 4.69) is 5.32 Å². The number of aryl methyl sites for hydroxylation is 1. The lowest BCUT2D eigenvalue weighted by atomic mass is 10.1. The van der Waals surface area contributed by atoms with E-state index >= 15 is 0 Å². The van der Waals surface area contributed by atoms with Gasteiger partial charge in [0.05, 0.1) is 6.10 Å². The summed E-state index contributed by atoms with van der Waals surface area (Å²) in [5, 5.41) is 13.0. The molecule has 1 atom stereocenters. The summed E-state index contributed by atoms with van der Waals surface area (Å²) in [6.07, 6.45) is -0.624. The van der Waals surface area contributed by atoms with Gasteiger partial charge in [-0.1, -0.05) is 35.9 Å². The van der Waals surface area contributed by atoms with Crippen LogP contribution in [0.15, 0.2) is 42.5 Å². The van der Waals surface area contributed by atoms with Crippen LogP contribution in [0.3, 0.4) is 0 Å². The van der Waals surface area contributed by atoms with Gasteiger partial charge >= 0.3 is 0 Å². The summed E-state index contributed by atoms with van der Waals surface area (Å²) in [5.41, 5.74) is 2.60. The number of nitrogens with one attached hydrogen (secondary N) is 1. The van der Waals surface area contributed by atoms with Gasteiger partial charge in [-0.15, -0.1) is 0 Å². The highest BCUT2D eigenvalue weighted by Crippen LogP contribution is 2.13. The van der Waals surface area contributed by atoms with Crippen LogP contribution in [0.4, 0.5) is 8.78 Å². The fourth-order valence-electron chi connectivity index (χ4n) is 1.91. The van der Waals surface area contributed by atoms with Crippen molar-refractivity contribution in [2.75, 3.05) is 6.54 Å². The Labute approximate surface area is 117 Å². The van der Waals surface area contributed by atoms with E-state index in [4.69, 9.17) is 0 Å². The zero-order valence-corrected chi connectivity index (χ0v) is 11.2. The average Bonchev–Trinajstić information content (AvgIpc) is 2.43. The minimum Gasteiger partial charge on any atom is -0.387 e. The monoisotopic (exact) mass is 277 g/mol. The van der Waals surface area contributed by atoms with Crippen molar-refractivity contribution in [3.8, 4) is 0 Å². The molecule has 2 aromatic carbocycles. The van der Waals surface area contributed by atoms with Gasteiger partial charge in [-0.05, 0) is 30.2 Å². The van der Waals surface area contributed by atoms with Gasteiger partial charge in [-0.25, -0.2) is 8.78 Å². The number of rotatable bonds is 5. The number of benzene rings is 2. The third kappa shape index (κ3) is 3.85. The van der Waals surface area contributed by atoms with E-state index in [1.807, 2.05) is 31.2 Å². The number of aliphatic hydroxyl groups is 1. The van der Waals surface area contributed by atoms with Gasteiger partial charge in [0.15, 0.2) is 11.6 Å².